The van der Waals surface area contributed by atoms with E-state index in [9.17, 15) is 20.1 Å². The number of nitrogens with one attached hydrogen (secondary N) is 1. The molecule has 1 aromatic heterocycles. The Balaban J connectivity index is 2.70. The fourth-order valence-electron chi connectivity index (χ4n) is 1.32. The first kappa shape index (κ1) is 13.6. The summed E-state index contributed by atoms with van der Waals surface area (Å²) in [6.07, 6.45) is 5.90. The van der Waals surface area contributed by atoms with E-state index in [1.807, 2.05) is 0 Å². The van der Waals surface area contributed by atoms with Crippen molar-refractivity contribution in [3.63, 3.8) is 0 Å². The fourth-order valence-corrected chi connectivity index (χ4v) is 1.32. The third kappa shape index (κ3) is 4.20. The molecule has 96 valence electrons. The van der Waals surface area contributed by atoms with E-state index in [4.69, 9.17) is 0 Å². The van der Waals surface area contributed by atoms with Crippen LogP contribution in [0.5, 0.6) is 0 Å². The van der Waals surface area contributed by atoms with Crippen LogP contribution in [0.15, 0.2) is 24.5 Å². The molecule has 7 nitrogen and oxygen atoms in total. The quantitative estimate of drug-likeness (QED) is 0.274. The van der Waals surface area contributed by atoms with Crippen LogP contribution in [0.2, 0.25) is 0 Å². The molecule has 0 atom stereocenters. The first-order chi connectivity index (χ1) is 8.50. The summed E-state index contributed by atoms with van der Waals surface area (Å²) in [5.41, 5.74) is 0.109. The summed E-state index contributed by atoms with van der Waals surface area (Å²) in [5, 5.41) is 24.4. The van der Waals surface area contributed by atoms with Gasteiger partial charge in [-0.05, 0) is 12.5 Å². The predicted molar refractivity (Wildman–Crippen MR) is 64.4 cm³/mol. The van der Waals surface area contributed by atoms with Crippen molar-refractivity contribution in [2.75, 3.05) is 6.54 Å². The maximum absolute atomic E-state index is 11.0. The molecule has 1 amide bonds. The van der Waals surface area contributed by atoms with E-state index >= 15 is 0 Å². The Morgan fingerprint density at radius 2 is 2.33 bits per heavy atom. The van der Waals surface area contributed by atoms with Crippen LogP contribution in [-0.2, 0) is 4.79 Å². The monoisotopic (exact) mass is 251 g/mol. The molecule has 0 aromatic carbocycles. The molecule has 18 heavy (non-hydrogen) atoms. The number of rotatable bonds is 5. The maximum atomic E-state index is 11.0. The lowest BCUT2D eigenvalue weighted by molar-refractivity contribution is -0.606. The molecule has 7 heteroatoms. The molecule has 0 aliphatic rings. The molecule has 0 bridgehead atoms. The van der Waals surface area contributed by atoms with Crippen molar-refractivity contribution in [3.8, 4) is 0 Å². The average Bonchev–Trinajstić information content (AvgIpc) is 2.27. The second-order valence-electron chi connectivity index (χ2n) is 3.58. The number of carbonyl (C=O) groups excluding carboxylic acids is 1. The summed E-state index contributed by atoms with van der Waals surface area (Å²) in [6, 6.07) is 1.15. The molecule has 0 aliphatic carbocycles. The Morgan fingerprint density at radius 3 is 2.94 bits per heavy atom. The number of pyridine rings is 1. The van der Waals surface area contributed by atoms with E-state index in [1.54, 1.807) is 6.08 Å². The Labute approximate surface area is 103 Å². The van der Waals surface area contributed by atoms with Gasteiger partial charge in [-0.15, -0.1) is 0 Å². The topological polar surface area (TPSA) is 99.2 Å². The summed E-state index contributed by atoms with van der Waals surface area (Å²) in [6.45, 7) is 1.86. The number of hydrogen-bond donors (Lipinski definition) is 1. The first-order valence-electron chi connectivity index (χ1n) is 5.29. The van der Waals surface area contributed by atoms with Gasteiger partial charge in [0.05, 0.1) is 11.0 Å². The standard InChI is InChI=1S/C11H13N3O4/c1-9(15)12-6-3-2-4-10-8-13(16)7-5-11(10)14(17)18/h2,4-5,7-8H,3,6H2,1H3,(H,12,15). The summed E-state index contributed by atoms with van der Waals surface area (Å²) in [7, 11) is 0. The number of hydrogen-bond acceptors (Lipinski definition) is 4. The lowest BCUT2D eigenvalue weighted by Crippen LogP contribution is -2.24. The van der Waals surface area contributed by atoms with E-state index in [2.05, 4.69) is 5.32 Å². The van der Waals surface area contributed by atoms with Gasteiger partial charge in [0.15, 0.2) is 12.4 Å². The van der Waals surface area contributed by atoms with Crippen LogP contribution in [0.1, 0.15) is 18.9 Å². The summed E-state index contributed by atoms with van der Waals surface area (Å²) < 4.78 is 0.500. The van der Waals surface area contributed by atoms with E-state index < -0.39 is 4.92 Å². The van der Waals surface area contributed by atoms with E-state index in [-0.39, 0.29) is 17.2 Å². The predicted octanol–water partition coefficient (Wildman–Crippen LogP) is 0.768. The van der Waals surface area contributed by atoms with E-state index in [0.29, 0.717) is 17.7 Å². The zero-order valence-corrected chi connectivity index (χ0v) is 9.83. The Morgan fingerprint density at radius 1 is 1.61 bits per heavy atom. The van der Waals surface area contributed by atoms with Crippen molar-refractivity contribution in [1.29, 1.82) is 0 Å². The van der Waals surface area contributed by atoms with Crippen LogP contribution >= 0.6 is 0 Å². The van der Waals surface area contributed by atoms with Gasteiger partial charge < -0.3 is 10.5 Å². The highest BCUT2D eigenvalue weighted by Gasteiger charge is 2.14. The van der Waals surface area contributed by atoms with Gasteiger partial charge in [0.2, 0.25) is 5.91 Å². The first-order valence-corrected chi connectivity index (χ1v) is 5.29. The van der Waals surface area contributed by atoms with Gasteiger partial charge in [0.1, 0.15) is 5.56 Å². The minimum atomic E-state index is -0.548. The molecule has 0 radical (unpaired) electrons. The Kier molecular flexibility index (Phi) is 4.79. The molecule has 0 unspecified atom stereocenters. The number of nitro groups is 1. The smallest absolute Gasteiger partial charge is 0.288 e. The van der Waals surface area contributed by atoms with Gasteiger partial charge in [-0.1, -0.05) is 6.08 Å². The second-order valence-corrected chi connectivity index (χ2v) is 3.58. The maximum Gasteiger partial charge on any atom is 0.288 e. The van der Waals surface area contributed by atoms with Crippen molar-refractivity contribution < 1.29 is 14.4 Å². The highest BCUT2D eigenvalue weighted by Crippen LogP contribution is 2.17. The van der Waals surface area contributed by atoms with E-state index in [0.717, 1.165) is 18.5 Å². The second kappa shape index (κ2) is 6.33. The molecular formula is C11H13N3O4. The van der Waals surface area contributed by atoms with Crippen LogP contribution < -0.4 is 10.0 Å². The van der Waals surface area contributed by atoms with Crippen LogP contribution in [-0.4, -0.2) is 17.4 Å². The minimum absolute atomic E-state index is 0.127. The molecule has 0 saturated heterocycles. The molecule has 1 aromatic rings. The number of carbonyl (C=O) groups is 1. The summed E-state index contributed by atoms with van der Waals surface area (Å²) in [4.78, 5) is 20.8. The number of aromatic nitrogens is 1. The van der Waals surface area contributed by atoms with Gasteiger partial charge in [-0.25, -0.2) is 0 Å². The van der Waals surface area contributed by atoms with Crippen molar-refractivity contribution in [1.82, 2.24) is 5.32 Å². The van der Waals surface area contributed by atoms with Crippen molar-refractivity contribution in [2.45, 2.75) is 13.3 Å². The molecule has 1 N–H and O–H groups in total. The highest BCUT2D eigenvalue weighted by atomic mass is 16.6. The molecule has 1 heterocycles. The molecule has 0 spiro atoms. The number of nitrogens with zero attached hydrogens (tertiary/aromatic N) is 2. The lowest BCUT2D eigenvalue weighted by Gasteiger charge is -1.99. The van der Waals surface area contributed by atoms with Gasteiger partial charge in [-0.3, -0.25) is 14.9 Å². The largest absolute Gasteiger partial charge is 0.619 e. The lowest BCUT2D eigenvalue weighted by atomic mass is 10.2. The average molecular weight is 251 g/mol. The Hall–Kier alpha value is -2.44. The molecule has 1 rings (SSSR count). The fraction of sp³-hybridized carbons (Fsp3) is 0.273. The van der Waals surface area contributed by atoms with Gasteiger partial charge >= 0.3 is 0 Å². The van der Waals surface area contributed by atoms with Crippen LogP contribution in [0, 0.1) is 15.3 Å². The number of amides is 1. The van der Waals surface area contributed by atoms with Crippen LogP contribution in [0.3, 0.4) is 0 Å². The van der Waals surface area contributed by atoms with Gasteiger partial charge in [-0.2, -0.15) is 4.73 Å². The zero-order valence-electron chi connectivity index (χ0n) is 9.83. The van der Waals surface area contributed by atoms with Crippen molar-refractivity contribution in [3.05, 3.63) is 45.4 Å². The molecule has 0 fully saturated rings. The normalized spacial score (nSPS) is 10.5. The Bertz CT molecular complexity index is 485. The SMILES string of the molecule is CC(=O)NCCC=Cc1c[n+]([O-])ccc1[N+](=O)[O-]. The van der Waals surface area contributed by atoms with Crippen LogP contribution in [0.25, 0.3) is 6.08 Å². The van der Waals surface area contributed by atoms with Crippen LogP contribution in [0.4, 0.5) is 5.69 Å². The molecule has 0 aliphatic heterocycles. The van der Waals surface area contributed by atoms with Gasteiger partial charge in [0, 0.05) is 13.5 Å². The minimum Gasteiger partial charge on any atom is -0.619 e. The molecule has 0 saturated carbocycles. The summed E-state index contributed by atoms with van der Waals surface area (Å²) in [5.74, 6) is -0.133. The van der Waals surface area contributed by atoms with Gasteiger partial charge in [0.25, 0.3) is 5.69 Å². The van der Waals surface area contributed by atoms with E-state index in [1.165, 1.54) is 13.0 Å². The third-order valence-corrected chi connectivity index (χ3v) is 2.12. The highest BCUT2D eigenvalue weighted by molar-refractivity contribution is 5.72. The summed E-state index contributed by atoms with van der Waals surface area (Å²) >= 11 is 0. The van der Waals surface area contributed by atoms with Crippen molar-refractivity contribution in [2.24, 2.45) is 0 Å². The zero-order chi connectivity index (χ0) is 13.5. The van der Waals surface area contributed by atoms with Crippen molar-refractivity contribution >= 4 is 17.7 Å². The third-order valence-electron chi connectivity index (χ3n) is 2.12. The molecular weight excluding hydrogens is 238 g/mol.